The number of benzene rings is 1. The molecule has 1 saturated carbocycles. The Hall–Kier alpha value is -3.24. The maximum atomic E-state index is 11.6. The van der Waals surface area contributed by atoms with Crippen molar-refractivity contribution in [1.29, 1.82) is 0 Å². The third-order valence-electron chi connectivity index (χ3n) is 6.58. The van der Waals surface area contributed by atoms with Crippen molar-refractivity contribution in [3.05, 3.63) is 39.8 Å². The van der Waals surface area contributed by atoms with E-state index in [4.69, 9.17) is 21.6 Å². The van der Waals surface area contributed by atoms with E-state index >= 15 is 0 Å². The molecule has 0 bridgehead atoms. The highest BCUT2D eigenvalue weighted by atomic mass is 35.5. The molecule has 0 unspecified atom stereocenters. The molecule has 1 aromatic carbocycles. The number of nitrogens with zero attached hydrogens (tertiary/aromatic N) is 5. The maximum Gasteiger partial charge on any atom is 0.439 e. The molecule has 1 atom stereocenters. The fourth-order valence-electron chi connectivity index (χ4n) is 4.63. The molecule has 1 aliphatic carbocycles. The fourth-order valence-corrected chi connectivity index (χ4v) is 4.82. The van der Waals surface area contributed by atoms with Crippen molar-refractivity contribution < 1.29 is 9.63 Å². The lowest BCUT2D eigenvalue weighted by Crippen LogP contribution is -2.24. The number of aromatic amines is 1. The third-order valence-corrected chi connectivity index (χ3v) is 6.81. The van der Waals surface area contributed by atoms with Gasteiger partial charge in [0.1, 0.15) is 11.2 Å². The first-order valence-corrected chi connectivity index (χ1v) is 12.3. The minimum absolute atomic E-state index is 0.0393. The molecule has 0 saturated heterocycles. The van der Waals surface area contributed by atoms with Crippen LogP contribution in [0.15, 0.2) is 33.6 Å². The van der Waals surface area contributed by atoms with Crippen LogP contribution in [0.1, 0.15) is 39.5 Å². The van der Waals surface area contributed by atoms with Crippen LogP contribution in [0.25, 0.3) is 34.1 Å². The van der Waals surface area contributed by atoms with Gasteiger partial charge in [-0.15, -0.1) is 0 Å². The average molecular weight is 498 g/mol. The molecule has 11 heteroatoms. The van der Waals surface area contributed by atoms with Gasteiger partial charge in [0.15, 0.2) is 5.65 Å². The molecule has 0 aliphatic heterocycles. The second-order valence-electron chi connectivity index (χ2n) is 9.42. The van der Waals surface area contributed by atoms with Crippen molar-refractivity contribution in [3.8, 4) is 22.9 Å². The van der Waals surface area contributed by atoms with Crippen LogP contribution in [0.2, 0.25) is 5.02 Å². The van der Waals surface area contributed by atoms with Crippen molar-refractivity contribution in [3.63, 3.8) is 0 Å². The topological polar surface area (TPSA) is 135 Å². The molecule has 35 heavy (non-hydrogen) atoms. The molecule has 3 aromatic heterocycles. The van der Waals surface area contributed by atoms with E-state index in [2.05, 4.69) is 36.5 Å². The predicted molar refractivity (Wildman–Crippen MR) is 133 cm³/mol. The summed E-state index contributed by atoms with van der Waals surface area (Å²) in [5, 5.41) is 17.3. The first-order valence-electron chi connectivity index (χ1n) is 11.9. The Bertz CT molecular complexity index is 1390. The molecule has 1 fully saturated rings. The highest BCUT2D eigenvalue weighted by Gasteiger charge is 2.25. The van der Waals surface area contributed by atoms with Gasteiger partial charge in [-0.2, -0.15) is 4.98 Å². The van der Waals surface area contributed by atoms with Crippen molar-refractivity contribution >= 4 is 28.7 Å². The van der Waals surface area contributed by atoms with Crippen LogP contribution in [0.5, 0.6) is 0 Å². The summed E-state index contributed by atoms with van der Waals surface area (Å²) < 4.78 is 6.79. The molecule has 4 aromatic rings. The lowest BCUT2D eigenvalue weighted by Gasteiger charge is -2.27. The van der Waals surface area contributed by atoms with Gasteiger partial charge in [-0.05, 0) is 43.7 Å². The van der Waals surface area contributed by atoms with Gasteiger partial charge in [-0.1, -0.05) is 48.7 Å². The summed E-state index contributed by atoms with van der Waals surface area (Å²) in [4.78, 5) is 28.3. The number of nitrogens with one attached hydrogen (secondary N) is 2. The quantitative estimate of drug-likeness (QED) is 0.347. The number of anilines is 1. The average Bonchev–Trinajstić information content (AvgIpc) is 3.43. The normalized spacial score (nSPS) is 19.2. The minimum atomic E-state index is -0.691. The Morgan fingerprint density at radius 2 is 2.06 bits per heavy atom. The van der Waals surface area contributed by atoms with Crippen molar-refractivity contribution in [2.45, 2.75) is 52.1 Å². The summed E-state index contributed by atoms with van der Waals surface area (Å²) in [7, 11) is 0. The van der Waals surface area contributed by atoms with E-state index in [1.54, 1.807) is 6.07 Å². The van der Waals surface area contributed by atoms with Crippen molar-refractivity contribution in [1.82, 2.24) is 29.7 Å². The van der Waals surface area contributed by atoms with E-state index in [0.29, 0.717) is 28.2 Å². The van der Waals surface area contributed by atoms with Gasteiger partial charge < -0.3 is 15.0 Å². The fraction of sp³-hybridized carbons (Fsp3) is 0.458. The third kappa shape index (κ3) is 4.94. The summed E-state index contributed by atoms with van der Waals surface area (Å²) in [6.45, 7) is 4.91. The zero-order chi connectivity index (χ0) is 24.5. The number of H-pyrrole nitrogens is 1. The number of aromatic nitrogens is 6. The highest BCUT2D eigenvalue weighted by Crippen LogP contribution is 2.35. The van der Waals surface area contributed by atoms with Gasteiger partial charge in [0, 0.05) is 23.2 Å². The van der Waals surface area contributed by atoms with E-state index in [1.165, 1.54) is 12.8 Å². The Morgan fingerprint density at radius 1 is 1.26 bits per heavy atom. The zero-order valence-corrected chi connectivity index (χ0v) is 20.4. The summed E-state index contributed by atoms with van der Waals surface area (Å²) >= 11 is 6.33. The van der Waals surface area contributed by atoms with Crippen molar-refractivity contribution in [2.75, 3.05) is 11.9 Å². The number of rotatable bonds is 7. The number of halogens is 1. The predicted octanol–water partition coefficient (Wildman–Crippen LogP) is 4.11. The number of fused-ring (bicyclic) bond motifs is 1. The molecule has 3 heterocycles. The van der Waals surface area contributed by atoms with Gasteiger partial charge in [0.2, 0.25) is 17.6 Å². The van der Waals surface area contributed by atoms with E-state index < -0.39 is 5.76 Å². The van der Waals surface area contributed by atoms with Gasteiger partial charge in [-0.3, -0.25) is 9.51 Å². The summed E-state index contributed by atoms with van der Waals surface area (Å²) in [5.74, 6) is 1.47. The largest absolute Gasteiger partial charge is 0.439 e. The molecule has 0 radical (unpaired) electrons. The molecule has 3 N–H and O–H groups in total. The van der Waals surface area contributed by atoms with Crippen LogP contribution < -0.4 is 11.1 Å². The SMILES string of the molecule is C[C@H](CO)Nc1nc2nc(-c3noc(=O)[nH]3)nc(-c3cccc(Cl)c3)c2n1C[C@H]1CC[C@H](C)CC1. The summed E-state index contributed by atoms with van der Waals surface area (Å²) in [6.07, 6.45) is 4.69. The number of imidazole rings is 1. The van der Waals surface area contributed by atoms with E-state index in [-0.39, 0.29) is 24.3 Å². The second-order valence-corrected chi connectivity index (χ2v) is 9.86. The Kier molecular flexibility index (Phi) is 6.57. The van der Waals surface area contributed by atoms with E-state index in [1.807, 2.05) is 25.1 Å². The van der Waals surface area contributed by atoms with E-state index in [9.17, 15) is 9.90 Å². The highest BCUT2D eigenvalue weighted by molar-refractivity contribution is 6.30. The van der Waals surface area contributed by atoms with Crippen LogP contribution in [0, 0.1) is 11.8 Å². The molecular weight excluding hydrogens is 470 g/mol. The Labute approximate surface area is 206 Å². The lowest BCUT2D eigenvalue weighted by molar-refractivity contribution is 0.265. The first-order chi connectivity index (χ1) is 16.9. The standard InChI is InChI=1S/C24H28ClN7O3/c1-13-6-8-15(9-7-13)11-32-19-18(16-4-3-5-17(25)10-16)27-21(22-30-24(34)35-31-22)28-20(19)29-23(32)26-14(2)12-33/h3-5,10,13-15,33H,6-9,11-12H2,1-2H3,(H,30,31,34)(H,26,27,28,29)/t13-,14-,15-/m1/s1. The maximum absolute atomic E-state index is 11.6. The number of aliphatic hydroxyl groups is 1. The lowest BCUT2D eigenvalue weighted by atomic mass is 9.83. The number of aliphatic hydroxyl groups excluding tert-OH is 1. The van der Waals surface area contributed by atoms with Crippen LogP contribution in [-0.2, 0) is 6.54 Å². The second kappa shape index (κ2) is 9.79. The monoisotopic (exact) mass is 497 g/mol. The molecule has 0 spiro atoms. The first kappa shape index (κ1) is 23.5. The van der Waals surface area contributed by atoms with Gasteiger partial charge in [0.25, 0.3) is 0 Å². The Morgan fingerprint density at radius 3 is 2.74 bits per heavy atom. The van der Waals surface area contributed by atoms with Crippen LogP contribution >= 0.6 is 11.6 Å². The van der Waals surface area contributed by atoms with Gasteiger partial charge >= 0.3 is 5.76 Å². The molecule has 184 valence electrons. The van der Waals surface area contributed by atoms with Crippen LogP contribution in [0.3, 0.4) is 0 Å². The van der Waals surface area contributed by atoms with Crippen LogP contribution in [-0.4, -0.2) is 47.4 Å². The smallest absolute Gasteiger partial charge is 0.394 e. The summed E-state index contributed by atoms with van der Waals surface area (Å²) in [6, 6.07) is 7.22. The Balaban J connectivity index is 1.71. The molecule has 0 amide bonds. The van der Waals surface area contributed by atoms with Crippen LogP contribution in [0.4, 0.5) is 5.95 Å². The van der Waals surface area contributed by atoms with Gasteiger partial charge in [0.05, 0.1) is 6.61 Å². The molecule has 10 nitrogen and oxygen atoms in total. The molecule has 1 aliphatic rings. The number of hydrogen-bond donors (Lipinski definition) is 3. The minimum Gasteiger partial charge on any atom is -0.394 e. The summed E-state index contributed by atoms with van der Waals surface area (Å²) in [5.41, 5.74) is 2.62. The molecule has 5 rings (SSSR count). The number of hydrogen-bond acceptors (Lipinski definition) is 8. The van der Waals surface area contributed by atoms with E-state index in [0.717, 1.165) is 36.4 Å². The molecular formula is C24H28ClN7O3. The zero-order valence-electron chi connectivity index (χ0n) is 19.7. The van der Waals surface area contributed by atoms with Gasteiger partial charge in [-0.25, -0.2) is 14.8 Å². The van der Waals surface area contributed by atoms with Crippen molar-refractivity contribution in [2.24, 2.45) is 11.8 Å².